The van der Waals surface area contributed by atoms with E-state index in [4.69, 9.17) is 27.9 Å². The number of imide groups is 1. The van der Waals surface area contributed by atoms with Crippen LogP contribution in [0.15, 0.2) is 42.5 Å². The number of hydrogen-bond acceptors (Lipinski definition) is 4. The molecule has 3 unspecified atom stereocenters. The van der Waals surface area contributed by atoms with Crippen molar-refractivity contribution in [2.45, 2.75) is 22.1 Å². The quantitative estimate of drug-likeness (QED) is 0.192. The molecule has 1 aliphatic heterocycles. The molecule has 4 rings (SSSR count). The maximum atomic E-state index is 14.6. The summed E-state index contributed by atoms with van der Waals surface area (Å²) in [6.07, 6.45) is 2.16. The highest BCUT2D eigenvalue weighted by molar-refractivity contribution is 6.58. The highest BCUT2D eigenvalue weighted by atomic mass is 35.5. The lowest BCUT2D eigenvalue weighted by molar-refractivity contribution is -0.122. The molecular formula is C23H14Cl2F5NO4. The molecule has 184 valence electrons. The Morgan fingerprint density at radius 3 is 2.17 bits per heavy atom. The first-order valence-corrected chi connectivity index (χ1v) is 10.6. The number of methoxy groups -OCH3 is 1. The Kier molecular flexibility index (Phi) is 5.88. The summed E-state index contributed by atoms with van der Waals surface area (Å²) >= 11 is 13.4. The lowest BCUT2D eigenvalue weighted by atomic mass is 9.68. The van der Waals surface area contributed by atoms with Crippen LogP contribution in [0.2, 0.25) is 0 Å². The number of anilines is 1. The van der Waals surface area contributed by atoms with Crippen molar-refractivity contribution in [2.75, 3.05) is 12.0 Å². The SMILES string of the molecule is C=CC1=CCC2(Cl)C(=O)N(c3c(F)c(F)c(F)c(F)c3F)C(=O)C2(Cl)C1c1c(O)cccc1OC. The van der Waals surface area contributed by atoms with Gasteiger partial charge in [0.1, 0.15) is 17.2 Å². The van der Waals surface area contributed by atoms with Crippen molar-refractivity contribution in [3.63, 3.8) is 0 Å². The smallest absolute Gasteiger partial charge is 0.258 e. The zero-order valence-electron chi connectivity index (χ0n) is 17.6. The fraction of sp³-hybridized carbons (Fsp3) is 0.217. The highest BCUT2D eigenvalue weighted by Gasteiger charge is 2.74. The molecule has 35 heavy (non-hydrogen) atoms. The van der Waals surface area contributed by atoms with Gasteiger partial charge in [-0.25, -0.2) is 26.9 Å². The number of phenolic OH excluding ortho intramolecular Hbond substituents is 1. The Bertz CT molecular complexity index is 1320. The Morgan fingerprint density at radius 2 is 1.63 bits per heavy atom. The fourth-order valence-electron chi connectivity index (χ4n) is 4.51. The summed E-state index contributed by atoms with van der Waals surface area (Å²) in [6.45, 7) is 3.63. The van der Waals surface area contributed by atoms with Crippen LogP contribution in [-0.2, 0) is 9.59 Å². The molecule has 12 heteroatoms. The first-order chi connectivity index (χ1) is 16.4. The number of phenols is 1. The van der Waals surface area contributed by atoms with Crippen LogP contribution in [0.4, 0.5) is 27.6 Å². The lowest BCUT2D eigenvalue weighted by Gasteiger charge is -2.42. The first kappa shape index (κ1) is 25.0. The van der Waals surface area contributed by atoms with Crippen LogP contribution >= 0.6 is 23.2 Å². The number of aromatic hydroxyl groups is 1. The zero-order valence-corrected chi connectivity index (χ0v) is 19.2. The number of allylic oxidation sites excluding steroid dienone is 3. The molecule has 2 aromatic carbocycles. The molecule has 2 amide bonds. The van der Waals surface area contributed by atoms with Crippen molar-refractivity contribution in [1.82, 2.24) is 0 Å². The average molecular weight is 534 g/mol. The Balaban J connectivity index is 2.04. The van der Waals surface area contributed by atoms with Crippen molar-refractivity contribution in [3.8, 4) is 11.5 Å². The minimum atomic E-state index is -2.60. The van der Waals surface area contributed by atoms with E-state index in [9.17, 15) is 36.6 Å². The fourth-order valence-corrected chi connectivity index (χ4v) is 5.34. The second kappa shape index (κ2) is 8.23. The number of carbonyl (C=O) groups excluding carboxylic acids is 2. The van der Waals surface area contributed by atoms with Crippen molar-refractivity contribution < 1.29 is 41.4 Å². The molecule has 0 aromatic heterocycles. The predicted octanol–water partition coefficient (Wildman–Crippen LogP) is 5.22. The van der Waals surface area contributed by atoms with Crippen LogP contribution in [0, 0.1) is 29.1 Å². The molecule has 1 fully saturated rings. The van der Waals surface area contributed by atoms with Gasteiger partial charge in [0.05, 0.1) is 7.11 Å². The number of amides is 2. The predicted molar refractivity (Wildman–Crippen MR) is 116 cm³/mol. The van der Waals surface area contributed by atoms with Crippen LogP contribution in [0.1, 0.15) is 17.9 Å². The summed E-state index contributed by atoms with van der Waals surface area (Å²) < 4.78 is 76.0. The molecule has 0 radical (unpaired) electrons. The van der Waals surface area contributed by atoms with E-state index < -0.39 is 74.4 Å². The molecule has 1 saturated heterocycles. The third-order valence-electron chi connectivity index (χ3n) is 6.18. The Labute approximate surface area is 205 Å². The van der Waals surface area contributed by atoms with E-state index in [1.54, 1.807) is 0 Å². The number of nitrogens with zero attached hydrogens (tertiary/aromatic N) is 1. The Hall–Kier alpha value is -3.11. The van der Waals surface area contributed by atoms with Gasteiger partial charge < -0.3 is 9.84 Å². The molecule has 5 nitrogen and oxygen atoms in total. The van der Waals surface area contributed by atoms with Crippen molar-refractivity contribution in [2.24, 2.45) is 0 Å². The maximum absolute atomic E-state index is 14.6. The molecule has 1 aliphatic carbocycles. The van der Waals surface area contributed by atoms with Crippen LogP contribution in [0.3, 0.4) is 0 Å². The van der Waals surface area contributed by atoms with Gasteiger partial charge in [0.25, 0.3) is 11.8 Å². The molecule has 2 aliphatic rings. The van der Waals surface area contributed by atoms with Gasteiger partial charge in [0.15, 0.2) is 33.0 Å². The zero-order chi connectivity index (χ0) is 26.0. The van der Waals surface area contributed by atoms with Gasteiger partial charge in [-0.1, -0.05) is 24.8 Å². The Morgan fingerprint density at radius 1 is 1.06 bits per heavy atom. The van der Waals surface area contributed by atoms with E-state index in [0.717, 1.165) is 0 Å². The van der Waals surface area contributed by atoms with E-state index in [-0.39, 0.29) is 21.8 Å². The molecule has 0 bridgehead atoms. The van der Waals surface area contributed by atoms with Crippen LogP contribution in [0.25, 0.3) is 0 Å². The minimum Gasteiger partial charge on any atom is -0.508 e. The second-order valence-corrected chi connectivity index (χ2v) is 9.06. The largest absolute Gasteiger partial charge is 0.508 e. The number of rotatable bonds is 4. The lowest BCUT2D eigenvalue weighted by Crippen LogP contribution is -2.55. The standard InChI is InChI=1S/C23H14Cl2F5NO4/c1-3-9-7-8-22(24)20(33)31(19-17(29)15(27)14(26)16(28)18(19)30)21(34)23(22,25)13(9)12-10(32)5-4-6-11(12)35-2/h3-7,13,32H,1,8H2,2H3. The first-order valence-electron chi connectivity index (χ1n) is 9.85. The molecule has 3 atom stereocenters. The van der Waals surface area contributed by atoms with E-state index in [0.29, 0.717) is 0 Å². The van der Waals surface area contributed by atoms with E-state index in [1.807, 2.05) is 0 Å². The second-order valence-electron chi connectivity index (χ2n) is 7.82. The summed E-state index contributed by atoms with van der Waals surface area (Å²) in [5.41, 5.74) is -1.73. The van der Waals surface area contributed by atoms with Crippen molar-refractivity contribution in [3.05, 3.63) is 77.2 Å². The summed E-state index contributed by atoms with van der Waals surface area (Å²) in [4.78, 5) is 21.8. The molecule has 2 aromatic rings. The van der Waals surface area contributed by atoms with Gasteiger partial charge in [-0.2, -0.15) is 0 Å². The normalized spacial score (nSPS) is 26.0. The number of alkyl halides is 2. The average Bonchev–Trinajstić information content (AvgIpc) is 2.99. The van der Waals surface area contributed by atoms with Crippen molar-refractivity contribution in [1.29, 1.82) is 0 Å². The summed E-state index contributed by atoms with van der Waals surface area (Å²) in [5, 5.41) is 10.6. The number of carbonyl (C=O) groups is 2. The maximum Gasteiger partial charge on any atom is 0.258 e. The highest BCUT2D eigenvalue weighted by Crippen LogP contribution is 2.62. The number of fused-ring (bicyclic) bond motifs is 1. The number of hydrogen-bond donors (Lipinski definition) is 1. The van der Waals surface area contributed by atoms with Gasteiger partial charge in [-0.05, 0) is 24.1 Å². The van der Waals surface area contributed by atoms with Crippen LogP contribution in [-0.4, -0.2) is 33.8 Å². The van der Waals surface area contributed by atoms with Gasteiger partial charge >= 0.3 is 0 Å². The van der Waals surface area contributed by atoms with Gasteiger partial charge in [-0.3, -0.25) is 9.59 Å². The molecule has 1 heterocycles. The molecular weight excluding hydrogens is 520 g/mol. The number of ether oxygens (including phenoxy) is 1. The van der Waals surface area contributed by atoms with E-state index in [1.165, 1.54) is 37.5 Å². The number of halogens is 7. The number of benzene rings is 2. The van der Waals surface area contributed by atoms with Crippen molar-refractivity contribution >= 4 is 40.7 Å². The van der Waals surface area contributed by atoms with Gasteiger partial charge in [0.2, 0.25) is 5.82 Å². The van der Waals surface area contributed by atoms with Crippen LogP contribution < -0.4 is 9.64 Å². The molecule has 0 saturated carbocycles. The summed E-state index contributed by atoms with van der Waals surface area (Å²) in [7, 11) is 1.25. The third kappa shape index (κ3) is 3.05. The molecule has 1 N–H and O–H groups in total. The van der Waals surface area contributed by atoms with Crippen LogP contribution in [0.5, 0.6) is 11.5 Å². The monoisotopic (exact) mass is 533 g/mol. The topological polar surface area (TPSA) is 66.8 Å². The van der Waals surface area contributed by atoms with E-state index in [2.05, 4.69) is 6.58 Å². The van der Waals surface area contributed by atoms with Gasteiger partial charge in [0, 0.05) is 11.5 Å². The van der Waals surface area contributed by atoms with Gasteiger partial charge in [-0.15, -0.1) is 23.2 Å². The summed E-state index contributed by atoms with van der Waals surface area (Å²) in [5.74, 6) is -17.0. The minimum absolute atomic E-state index is 0.0126. The molecule has 0 spiro atoms. The summed E-state index contributed by atoms with van der Waals surface area (Å²) in [6, 6.07) is 4.05. The third-order valence-corrected chi connectivity index (χ3v) is 7.59. The van der Waals surface area contributed by atoms with E-state index >= 15 is 0 Å².